The Kier molecular flexibility index (Phi) is 4.81. The minimum Gasteiger partial charge on any atom is -0.392 e. The van der Waals surface area contributed by atoms with Crippen LogP contribution in [0, 0.1) is 0 Å². The molecule has 1 fully saturated rings. The topological polar surface area (TPSA) is 66.6 Å². The number of thiocarbonyl (C=S) groups is 1. The van der Waals surface area contributed by atoms with Crippen LogP contribution in [-0.4, -0.2) is 60.2 Å². The lowest BCUT2D eigenvalue weighted by Crippen LogP contribution is -2.52. The van der Waals surface area contributed by atoms with Gasteiger partial charge in [0.2, 0.25) is 0 Å². The zero-order chi connectivity index (χ0) is 13.3. The van der Waals surface area contributed by atoms with Crippen LogP contribution in [0.3, 0.4) is 0 Å². The van der Waals surface area contributed by atoms with Crippen molar-refractivity contribution in [2.24, 2.45) is 5.73 Å². The van der Waals surface area contributed by atoms with Gasteiger partial charge in [0.15, 0.2) is 0 Å². The van der Waals surface area contributed by atoms with Gasteiger partial charge in [-0.05, 0) is 19.1 Å². The van der Waals surface area contributed by atoms with Crippen LogP contribution < -0.4 is 5.73 Å². The molecule has 0 radical (unpaired) electrons. The molecule has 1 rings (SSSR count). The third kappa shape index (κ3) is 2.93. The molecule has 1 aliphatic heterocycles. The SMILES string of the molecule is CSC1(C(N)=S)CCN(S(=O)(=O)N(C)C)CC1. The average molecular weight is 297 g/mol. The number of hydrogen-bond donors (Lipinski definition) is 1. The molecule has 0 bridgehead atoms. The summed E-state index contributed by atoms with van der Waals surface area (Å²) in [5.74, 6) is 0. The molecule has 1 aliphatic rings. The highest BCUT2D eigenvalue weighted by Gasteiger charge is 2.40. The van der Waals surface area contributed by atoms with E-state index in [-0.39, 0.29) is 4.75 Å². The molecule has 0 aromatic carbocycles. The van der Waals surface area contributed by atoms with Gasteiger partial charge in [-0.15, -0.1) is 0 Å². The summed E-state index contributed by atoms with van der Waals surface area (Å²) in [5.41, 5.74) is 5.76. The van der Waals surface area contributed by atoms with Gasteiger partial charge in [-0.25, -0.2) is 0 Å². The molecule has 0 spiro atoms. The molecule has 0 aliphatic carbocycles. The van der Waals surface area contributed by atoms with Crippen LogP contribution in [0.5, 0.6) is 0 Å². The number of thioether (sulfide) groups is 1. The van der Waals surface area contributed by atoms with E-state index in [1.165, 1.54) is 8.61 Å². The van der Waals surface area contributed by atoms with E-state index < -0.39 is 10.2 Å². The molecule has 1 saturated heterocycles. The maximum Gasteiger partial charge on any atom is 0.281 e. The van der Waals surface area contributed by atoms with Crippen molar-refractivity contribution in [1.82, 2.24) is 8.61 Å². The summed E-state index contributed by atoms with van der Waals surface area (Å²) in [6.45, 7) is 0.942. The number of nitrogens with zero attached hydrogens (tertiary/aromatic N) is 2. The van der Waals surface area contributed by atoms with E-state index in [1.54, 1.807) is 25.9 Å². The monoisotopic (exact) mass is 297 g/mol. The molecular weight excluding hydrogens is 278 g/mol. The summed E-state index contributed by atoms with van der Waals surface area (Å²) in [4.78, 5) is 0.479. The van der Waals surface area contributed by atoms with Crippen molar-refractivity contribution >= 4 is 39.2 Å². The normalized spacial score (nSPS) is 21.6. The van der Waals surface area contributed by atoms with Crippen molar-refractivity contribution in [2.45, 2.75) is 17.6 Å². The van der Waals surface area contributed by atoms with Gasteiger partial charge < -0.3 is 5.73 Å². The summed E-state index contributed by atoms with van der Waals surface area (Å²) in [7, 11) is -0.229. The standard InChI is InChI=1S/C9H19N3O2S3/c1-11(2)17(13,14)12-6-4-9(16-3,5-7-12)8(10)15/h4-7H2,1-3H3,(H2,10,15). The molecule has 0 unspecified atom stereocenters. The van der Waals surface area contributed by atoms with E-state index in [1.807, 2.05) is 6.26 Å². The molecular formula is C9H19N3O2S3. The molecule has 0 amide bonds. The van der Waals surface area contributed by atoms with E-state index in [2.05, 4.69) is 0 Å². The predicted octanol–water partition coefficient (Wildman–Crippen LogP) is 0.277. The highest BCUT2D eigenvalue weighted by Crippen LogP contribution is 2.35. The van der Waals surface area contributed by atoms with E-state index in [0.29, 0.717) is 30.9 Å². The first-order chi connectivity index (χ1) is 7.76. The van der Waals surface area contributed by atoms with E-state index in [9.17, 15) is 8.42 Å². The van der Waals surface area contributed by atoms with Gasteiger partial charge in [0.1, 0.15) is 0 Å². The lowest BCUT2D eigenvalue weighted by atomic mass is 9.97. The summed E-state index contributed by atoms with van der Waals surface area (Å²) in [6.07, 6.45) is 3.32. The molecule has 0 aromatic heterocycles. The second kappa shape index (κ2) is 5.40. The summed E-state index contributed by atoms with van der Waals surface area (Å²) in [5, 5.41) is 0. The summed E-state index contributed by atoms with van der Waals surface area (Å²) >= 11 is 6.71. The first-order valence-electron chi connectivity index (χ1n) is 5.29. The molecule has 8 heteroatoms. The Hall–Kier alpha value is 0.110. The van der Waals surface area contributed by atoms with E-state index in [0.717, 1.165) is 0 Å². The number of rotatable bonds is 4. The first kappa shape index (κ1) is 15.2. The first-order valence-corrected chi connectivity index (χ1v) is 8.32. The fourth-order valence-corrected chi connectivity index (χ4v) is 4.21. The number of nitrogens with two attached hydrogens (primary N) is 1. The fraction of sp³-hybridized carbons (Fsp3) is 0.889. The predicted molar refractivity (Wildman–Crippen MR) is 76.4 cm³/mol. The Morgan fingerprint density at radius 3 is 2.18 bits per heavy atom. The van der Waals surface area contributed by atoms with Crippen molar-refractivity contribution in [1.29, 1.82) is 0 Å². The van der Waals surface area contributed by atoms with Gasteiger partial charge in [-0.1, -0.05) is 12.2 Å². The maximum absolute atomic E-state index is 11.9. The van der Waals surface area contributed by atoms with Crippen LogP contribution in [0.2, 0.25) is 0 Å². The Morgan fingerprint density at radius 2 is 1.88 bits per heavy atom. The Labute approximate surface area is 113 Å². The highest BCUT2D eigenvalue weighted by molar-refractivity contribution is 8.02. The van der Waals surface area contributed by atoms with Gasteiger partial charge in [-0.2, -0.15) is 28.8 Å². The van der Waals surface area contributed by atoms with Crippen LogP contribution in [0.25, 0.3) is 0 Å². The van der Waals surface area contributed by atoms with Gasteiger partial charge in [0.25, 0.3) is 10.2 Å². The minimum absolute atomic E-state index is 0.242. The number of hydrogen-bond acceptors (Lipinski definition) is 4. The van der Waals surface area contributed by atoms with Crippen molar-refractivity contribution in [3.63, 3.8) is 0 Å². The third-order valence-corrected chi connectivity index (χ3v) is 7.03. The molecule has 2 N–H and O–H groups in total. The summed E-state index contributed by atoms with van der Waals surface area (Å²) in [6, 6.07) is 0. The molecule has 1 heterocycles. The van der Waals surface area contributed by atoms with Crippen LogP contribution in [0.15, 0.2) is 0 Å². The van der Waals surface area contributed by atoms with E-state index >= 15 is 0 Å². The summed E-state index contributed by atoms with van der Waals surface area (Å²) < 4.78 is 26.4. The third-order valence-electron chi connectivity index (χ3n) is 3.16. The highest BCUT2D eigenvalue weighted by atomic mass is 32.2. The second-order valence-electron chi connectivity index (χ2n) is 4.25. The van der Waals surface area contributed by atoms with Crippen molar-refractivity contribution in [3.05, 3.63) is 0 Å². The zero-order valence-corrected chi connectivity index (χ0v) is 12.8. The molecule has 17 heavy (non-hydrogen) atoms. The smallest absolute Gasteiger partial charge is 0.281 e. The molecule has 100 valence electrons. The van der Waals surface area contributed by atoms with Gasteiger partial charge in [0.05, 0.1) is 9.74 Å². The molecule has 5 nitrogen and oxygen atoms in total. The molecule has 0 saturated carbocycles. The molecule has 0 atom stereocenters. The van der Waals surface area contributed by atoms with Gasteiger partial charge in [0, 0.05) is 27.2 Å². The average Bonchev–Trinajstić information content (AvgIpc) is 2.28. The number of piperidine rings is 1. The van der Waals surface area contributed by atoms with Crippen LogP contribution in [-0.2, 0) is 10.2 Å². The Bertz CT molecular complexity index is 386. The van der Waals surface area contributed by atoms with Crippen LogP contribution in [0.4, 0.5) is 0 Å². The Balaban J connectivity index is 2.78. The maximum atomic E-state index is 11.9. The van der Waals surface area contributed by atoms with Crippen LogP contribution >= 0.6 is 24.0 Å². The lowest BCUT2D eigenvalue weighted by Gasteiger charge is -2.39. The van der Waals surface area contributed by atoms with Crippen molar-refractivity contribution < 1.29 is 8.42 Å². The minimum atomic E-state index is -3.31. The molecule has 0 aromatic rings. The quantitative estimate of drug-likeness (QED) is 0.755. The Morgan fingerprint density at radius 1 is 1.41 bits per heavy atom. The largest absolute Gasteiger partial charge is 0.392 e. The fourth-order valence-electron chi connectivity index (χ4n) is 1.86. The van der Waals surface area contributed by atoms with Gasteiger partial charge >= 0.3 is 0 Å². The van der Waals surface area contributed by atoms with Crippen molar-refractivity contribution in [2.75, 3.05) is 33.4 Å². The zero-order valence-electron chi connectivity index (χ0n) is 10.3. The van der Waals surface area contributed by atoms with Crippen LogP contribution in [0.1, 0.15) is 12.8 Å². The lowest BCUT2D eigenvalue weighted by molar-refractivity contribution is 0.313. The van der Waals surface area contributed by atoms with Crippen molar-refractivity contribution in [3.8, 4) is 0 Å². The van der Waals surface area contributed by atoms with Gasteiger partial charge in [-0.3, -0.25) is 0 Å². The van der Waals surface area contributed by atoms with E-state index in [4.69, 9.17) is 18.0 Å². The second-order valence-corrected chi connectivity index (χ2v) is 8.02.